The summed E-state index contributed by atoms with van der Waals surface area (Å²) in [6.45, 7) is 6.23. The van der Waals surface area contributed by atoms with E-state index in [-0.39, 0.29) is 17.9 Å². The van der Waals surface area contributed by atoms with Gasteiger partial charge in [0.25, 0.3) is 0 Å². The highest BCUT2D eigenvalue weighted by atomic mass is 32.2. The average Bonchev–Trinajstić information content (AvgIpc) is 2.56. The molecule has 0 saturated heterocycles. The summed E-state index contributed by atoms with van der Waals surface area (Å²) < 4.78 is 32.6. The molecule has 3 N–H and O–H groups in total. The first-order valence-electron chi connectivity index (χ1n) is 8.28. The largest absolute Gasteiger partial charge is 0.465 e. The van der Waals surface area contributed by atoms with Crippen molar-refractivity contribution in [2.75, 3.05) is 6.54 Å². The first-order chi connectivity index (χ1) is 11.8. The number of hydrogen-bond acceptors (Lipinski definition) is 4. The average molecular weight is 381 g/mol. The van der Waals surface area contributed by atoms with Gasteiger partial charge in [-0.1, -0.05) is 44.2 Å². The molecular weight excluding hydrogens is 354 g/mol. The Labute approximate surface area is 155 Å². The molecule has 2 aromatic rings. The third-order valence-electron chi connectivity index (χ3n) is 3.54. The molecular formula is C19H27NO5S. The van der Waals surface area contributed by atoms with Crippen molar-refractivity contribution in [3.63, 3.8) is 0 Å². The Morgan fingerprint density at radius 2 is 1.58 bits per heavy atom. The zero-order chi connectivity index (χ0) is 18.4. The van der Waals surface area contributed by atoms with Crippen LogP contribution in [0.1, 0.15) is 26.3 Å². The van der Waals surface area contributed by atoms with Crippen molar-refractivity contribution in [3.05, 3.63) is 60.2 Å². The summed E-state index contributed by atoms with van der Waals surface area (Å²) in [5, 5.41) is 9.24. The molecule has 0 aliphatic heterocycles. The normalized spacial score (nSPS) is 12.7. The van der Waals surface area contributed by atoms with Crippen LogP contribution >= 0.6 is 0 Å². The number of sulfonamides is 1. The summed E-state index contributed by atoms with van der Waals surface area (Å²) in [5.41, 5.74) is 0.859. The van der Waals surface area contributed by atoms with Gasteiger partial charge in [-0.25, -0.2) is 8.42 Å². The molecule has 0 saturated carbocycles. The number of nitrogens with zero attached hydrogens (tertiary/aromatic N) is 1. The second-order valence-electron chi connectivity index (χ2n) is 6.37. The Balaban J connectivity index is 0.00000338. The van der Waals surface area contributed by atoms with Crippen molar-refractivity contribution in [3.8, 4) is 5.75 Å². The Morgan fingerprint density at radius 1 is 1.00 bits per heavy atom. The van der Waals surface area contributed by atoms with Crippen molar-refractivity contribution in [1.82, 2.24) is 4.31 Å². The summed E-state index contributed by atoms with van der Waals surface area (Å²) >= 11 is 0. The van der Waals surface area contributed by atoms with Crippen LogP contribution in [0.25, 0.3) is 0 Å². The van der Waals surface area contributed by atoms with E-state index in [1.807, 2.05) is 26.0 Å². The van der Waals surface area contributed by atoms with Gasteiger partial charge in [-0.15, -0.1) is 0 Å². The van der Waals surface area contributed by atoms with Crippen LogP contribution in [0.15, 0.2) is 59.5 Å². The molecule has 0 radical (unpaired) electrons. The van der Waals surface area contributed by atoms with Crippen LogP contribution in [0, 0.1) is 5.92 Å². The monoisotopic (exact) mass is 381 g/mol. The van der Waals surface area contributed by atoms with E-state index in [1.54, 1.807) is 42.5 Å². The third kappa shape index (κ3) is 6.10. The van der Waals surface area contributed by atoms with Crippen LogP contribution < -0.4 is 4.74 Å². The van der Waals surface area contributed by atoms with Gasteiger partial charge in [0.15, 0.2) is 6.29 Å². The first-order valence-corrected chi connectivity index (χ1v) is 9.72. The van der Waals surface area contributed by atoms with E-state index >= 15 is 0 Å². The highest BCUT2D eigenvalue weighted by molar-refractivity contribution is 7.89. The van der Waals surface area contributed by atoms with Gasteiger partial charge < -0.3 is 15.3 Å². The molecule has 1 atom stereocenters. The lowest BCUT2D eigenvalue weighted by atomic mass is 10.2. The number of benzene rings is 2. The number of hydrogen-bond donors (Lipinski definition) is 1. The van der Waals surface area contributed by atoms with E-state index in [1.165, 1.54) is 11.2 Å². The lowest BCUT2D eigenvalue weighted by Gasteiger charge is -2.24. The molecule has 7 heteroatoms. The highest BCUT2D eigenvalue weighted by Crippen LogP contribution is 2.21. The minimum atomic E-state index is -3.56. The molecule has 0 aliphatic rings. The molecule has 144 valence electrons. The van der Waals surface area contributed by atoms with Gasteiger partial charge in [0.05, 0.1) is 4.90 Å². The van der Waals surface area contributed by atoms with E-state index in [0.717, 1.165) is 5.56 Å². The highest BCUT2D eigenvalue weighted by Gasteiger charge is 2.25. The van der Waals surface area contributed by atoms with Gasteiger partial charge >= 0.3 is 0 Å². The molecule has 0 amide bonds. The Bertz CT molecular complexity index is 758. The summed E-state index contributed by atoms with van der Waals surface area (Å²) in [6, 6.07) is 15.6. The predicted molar refractivity (Wildman–Crippen MR) is 101 cm³/mol. The lowest BCUT2D eigenvalue weighted by Crippen LogP contribution is -2.33. The van der Waals surface area contributed by atoms with Gasteiger partial charge in [0.2, 0.25) is 10.0 Å². The molecule has 2 aromatic carbocycles. The summed E-state index contributed by atoms with van der Waals surface area (Å²) in [5.74, 6) is 0.747. The third-order valence-corrected chi connectivity index (χ3v) is 5.36. The standard InChI is InChI=1S/C19H25NO4S.H2O/c1-15(2)13-20(25(22,23)19-7-5-4-6-8-19)14-17-9-11-18(12-10-17)24-16(3)21;/h4-12,15-16,21H,13-14H2,1-3H3;1H2. The maximum absolute atomic E-state index is 13.0. The number of rotatable bonds is 8. The Hall–Kier alpha value is -1.93. The maximum Gasteiger partial charge on any atom is 0.243 e. The number of aliphatic hydroxyl groups is 1. The van der Waals surface area contributed by atoms with Crippen LogP contribution in [0.2, 0.25) is 0 Å². The SMILES string of the molecule is CC(C)CN(Cc1ccc(OC(C)O)cc1)S(=O)(=O)c1ccccc1.O. The van der Waals surface area contributed by atoms with Gasteiger partial charge in [0.1, 0.15) is 5.75 Å². The fourth-order valence-electron chi connectivity index (χ4n) is 2.47. The van der Waals surface area contributed by atoms with Gasteiger partial charge in [-0.3, -0.25) is 0 Å². The van der Waals surface area contributed by atoms with Crippen LogP contribution in [-0.2, 0) is 16.6 Å². The summed E-state index contributed by atoms with van der Waals surface area (Å²) in [7, 11) is -3.56. The minimum absolute atomic E-state index is 0. The van der Waals surface area contributed by atoms with E-state index < -0.39 is 16.3 Å². The Morgan fingerprint density at radius 3 is 2.08 bits per heavy atom. The molecule has 0 fully saturated rings. The number of ether oxygens (including phenoxy) is 1. The zero-order valence-electron chi connectivity index (χ0n) is 15.3. The topological polar surface area (TPSA) is 98.3 Å². The van der Waals surface area contributed by atoms with Crippen molar-refractivity contribution >= 4 is 10.0 Å². The maximum atomic E-state index is 13.0. The van der Waals surface area contributed by atoms with Crippen molar-refractivity contribution in [2.45, 2.75) is 38.5 Å². The molecule has 0 aromatic heterocycles. The molecule has 6 nitrogen and oxygen atoms in total. The van der Waals surface area contributed by atoms with Crippen LogP contribution in [0.4, 0.5) is 0 Å². The van der Waals surface area contributed by atoms with Crippen LogP contribution in [0.5, 0.6) is 5.75 Å². The predicted octanol–water partition coefficient (Wildman–Crippen LogP) is 2.43. The fourth-order valence-corrected chi connectivity index (χ4v) is 4.08. The summed E-state index contributed by atoms with van der Waals surface area (Å²) in [6.07, 6.45) is -0.887. The molecule has 0 aliphatic carbocycles. The van der Waals surface area contributed by atoms with E-state index in [0.29, 0.717) is 17.2 Å². The molecule has 1 unspecified atom stereocenters. The quantitative estimate of drug-likeness (QED) is 0.710. The van der Waals surface area contributed by atoms with Gasteiger partial charge in [0, 0.05) is 13.1 Å². The zero-order valence-corrected chi connectivity index (χ0v) is 16.1. The molecule has 0 bridgehead atoms. The fraction of sp³-hybridized carbons (Fsp3) is 0.368. The molecule has 0 spiro atoms. The van der Waals surface area contributed by atoms with E-state index in [4.69, 9.17) is 4.74 Å². The lowest BCUT2D eigenvalue weighted by molar-refractivity contribution is -0.000309. The smallest absolute Gasteiger partial charge is 0.243 e. The first kappa shape index (κ1) is 22.1. The second kappa shape index (κ2) is 9.68. The van der Waals surface area contributed by atoms with Gasteiger partial charge in [-0.2, -0.15) is 4.31 Å². The molecule has 0 heterocycles. The van der Waals surface area contributed by atoms with E-state index in [9.17, 15) is 13.5 Å². The van der Waals surface area contributed by atoms with Crippen molar-refractivity contribution in [1.29, 1.82) is 0 Å². The molecule has 26 heavy (non-hydrogen) atoms. The van der Waals surface area contributed by atoms with Gasteiger partial charge in [-0.05, 0) is 42.7 Å². The Kier molecular flexibility index (Phi) is 8.23. The van der Waals surface area contributed by atoms with Crippen molar-refractivity contribution in [2.24, 2.45) is 5.92 Å². The minimum Gasteiger partial charge on any atom is -0.465 e. The van der Waals surface area contributed by atoms with E-state index in [2.05, 4.69) is 0 Å². The van der Waals surface area contributed by atoms with Crippen molar-refractivity contribution < 1.29 is 23.7 Å². The second-order valence-corrected chi connectivity index (χ2v) is 8.30. The summed E-state index contributed by atoms with van der Waals surface area (Å²) in [4.78, 5) is 0.296. The molecule has 2 rings (SSSR count). The van der Waals surface area contributed by atoms with Crippen LogP contribution in [-0.4, -0.2) is 36.1 Å². The van der Waals surface area contributed by atoms with Crippen LogP contribution in [0.3, 0.4) is 0 Å². The number of aliphatic hydroxyl groups excluding tert-OH is 1.